The zero-order chi connectivity index (χ0) is 25.4. The van der Waals surface area contributed by atoms with E-state index in [1.807, 2.05) is 24.3 Å². The van der Waals surface area contributed by atoms with Crippen molar-refractivity contribution in [3.8, 4) is 11.4 Å². The second kappa shape index (κ2) is 9.54. The molecule has 3 aromatic carbocycles. The molecule has 0 saturated heterocycles. The van der Waals surface area contributed by atoms with Gasteiger partial charge in [-0.05, 0) is 47.7 Å². The van der Waals surface area contributed by atoms with E-state index in [0.29, 0.717) is 12.3 Å². The molecule has 5 rings (SSSR count). The summed E-state index contributed by atoms with van der Waals surface area (Å²) in [5, 5.41) is 6.21. The summed E-state index contributed by atoms with van der Waals surface area (Å²) in [7, 11) is 0. The number of imidazole rings is 1. The van der Waals surface area contributed by atoms with Crippen LogP contribution in [0.4, 0.5) is 9.18 Å². The summed E-state index contributed by atoms with van der Waals surface area (Å²) in [6, 6.07) is 21.0. The van der Waals surface area contributed by atoms with Crippen molar-refractivity contribution in [1.29, 1.82) is 0 Å². The second-order valence-corrected chi connectivity index (χ2v) is 10.9. The van der Waals surface area contributed by atoms with E-state index in [1.54, 1.807) is 11.1 Å². The lowest BCUT2D eigenvalue weighted by molar-refractivity contribution is 0.222. The molecule has 4 aromatic rings. The number of fused-ring (bicyclic) bond motifs is 1. The maximum absolute atomic E-state index is 13.9. The summed E-state index contributed by atoms with van der Waals surface area (Å²) < 4.78 is 15.9. The number of aromatic nitrogens is 2. The fourth-order valence-corrected chi connectivity index (χ4v) is 5.16. The van der Waals surface area contributed by atoms with Crippen LogP contribution >= 0.6 is 11.8 Å². The minimum Gasteiger partial charge on any atom is -0.324 e. The molecule has 0 spiro atoms. The number of rotatable bonds is 5. The normalized spacial score (nSPS) is 14.4. The number of carbonyl (C=O) groups is 1. The van der Waals surface area contributed by atoms with Crippen LogP contribution in [0.25, 0.3) is 22.4 Å². The Morgan fingerprint density at radius 3 is 2.47 bits per heavy atom. The molecule has 0 N–H and O–H groups in total. The highest BCUT2D eigenvalue weighted by molar-refractivity contribution is 8.14. The van der Waals surface area contributed by atoms with Gasteiger partial charge in [-0.3, -0.25) is 4.79 Å². The highest BCUT2D eigenvalue weighted by Crippen LogP contribution is 2.29. The molecule has 1 aliphatic rings. The van der Waals surface area contributed by atoms with Gasteiger partial charge < -0.3 is 4.57 Å². The average molecular weight is 501 g/mol. The predicted octanol–water partition coefficient (Wildman–Crippen LogP) is 7.23. The molecule has 184 valence electrons. The van der Waals surface area contributed by atoms with Gasteiger partial charge in [-0.15, -0.1) is 0 Å². The number of hydrogen-bond donors (Lipinski definition) is 0. The Morgan fingerprint density at radius 1 is 1.00 bits per heavy atom. The van der Waals surface area contributed by atoms with Crippen LogP contribution in [0.3, 0.4) is 0 Å². The van der Waals surface area contributed by atoms with Gasteiger partial charge in [-0.25, -0.2) is 14.4 Å². The van der Waals surface area contributed by atoms with Crippen LogP contribution in [0, 0.1) is 5.82 Å². The number of benzene rings is 3. The van der Waals surface area contributed by atoms with Gasteiger partial charge in [0.1, 0.15) is 11.6 Å². The van der Waals surface area contributed by atoms with Gasteiger partial charge in [0, 0.05) is 23.4 Å². The SMILES string of the molecule is CCn1c(-c2cccc(F)c2)nc2cc(C3=NN(Cc4ccc(C(C)(C)C)cc4)C(=O)SC3)ccc21. The number of aryl methyl sites for hydroxylation is 1. The molecule has 0 unspecified atom stereocenters. The van der Waals surface area contributed by atoms with E-state index in [9.17, 15) is 9.18 Å². The standard InChI is InChI=1S/C29H29FN4OS/c1-5-33-26-14-11-20(16-24(26)31-27(33)21-7-6-8-23(30)15-21)25-18-36-28(35)34(32-25)17-19-9-12-22(13-10-19)29(2,3)4/h6-16H,5,17-18H2,1-4H3. The smallest absolute Gasteiger partial charge is 0.302 e. The molecular weight excluding hydrogens is 471 g/mol. The Labute approximate surface area is 215 Å². The largest absolute Gasteiger partial charge is 0.324 e. The van der Waals surface area contributed by atoms with E-state index in [1.165, 1.54) is 29.5 Å². The molecule has 7 heteroatoms. The van der Waals surface area contributed by atoms with Crippen LogP contribution in [0.15, 0.2) is 71.8 Å². The maximum Gasteiger partial charge on any atom is 0.302 e. The van der Waals surface area contributed by atoms with Crippen molar-refractivity contribution in [2.45, 2.75) is 46.2 Å². The van der Waals surface area contributed by atoms with Gasteiger partial charge in [0.05, 0.1) is 23.3 Å². The van der Waals surface area contributed by atoms with Crippen molar-refractivity contribution in [2.75, 3.05) is 5.75 Å². The highest BCUT2D eigenvalue weighted by Gasteiger charge is 2.23. The monoisotopic (exact) mass is 500 g/mol. The van der Waals surface area contributed by atoms with Crippen LogP contribution < -0.4 is 0 Å². The van der Waals surface area contributed by atoms with E-state index >= 15 is 0 Å². The molecule has 0 aliphatic carbocycles. The fourth-order valence-electron chi connectivity index (χ4n) is 4.42. The number of halogens is 1. The summed E-state index contributed by atoms with van der Waals surface area (Å²) >= 11 is 1.26. The van der Waals surface area contributed by atoms with Crippen LogP contribution in [0.5, 0.6) is 0 Å². The zero-order valence-corrected chi connectivity index (χ0v) is 21.8. The number of hydrazone groups is 1. The van der Waals surface area contributed by atoms with Gasteiger partial charge >= 0.3 is 5.24 Å². The molecule has 0 radical (unpaired) electrons. The molecule has 5 nitrogen and oxygen atoms in total. The Hall–Kier alpha value is -3.45. The zero-order valence-electron chi connectivity index (χ0n) is 21.0. The molecule has 0 fully saturated rings. The number of carbonyl (C=O) groups excluding carboxylic acids is 1. The lowest BCUT2D eigenvalue weighted by Gasteiger charge is -2.24. The van der Waals surface area contributed by atoms with Gasteiger partial charge in [-0.2, -0.15) is 5.10 Å². The van der Waals surface area contributed by atoms with E-state index in [2.05, 4.69) is 56.5 Å². The van der Waals surface area contributed by atoms with Crippen molar-refractivity contribution in [3.63, 3.8) is 0 Å². The summed E-state index contributed by atoms with van der Waals surface area (Å²) in [6.45, 7) is 9.75. The molecule has 0 atom stereocenters. The molecule has 2 heterocycles. The summed E-state index contributed by atoms with van der Waals surface area (Å²) in [4.78, 5) is 17.5. The molecule has 1 aromatic heterocycles. The molecule has 1 aliphatic heterocycles. The van der Waals surface area contributed by atoms with E-state index < -0.39 is 0 Å². The molecule has 0 saturated carbocycles. The summed E-state index contributed by atoms with van der Waals surface area (Å²) in [5.41, 5.74) is 6.70. The topological polar surface area (TPSA) is 50.5 Å². The maximum atomic E-state index is 13.9. The quantitative estimate of drug-likeness (QED) is 0.290. The Kier molecular flexibility index (Phi) is 6.43. The summed E-state index contributed by atoms with van der Waals surface area (Å²) in [6.07, 6.45) is 0. The number of thioether (sulfide) groups is 1. The minimum absolute atomic E-state index is 0.0524. The fraction of sp³-hybridized carbons (Fsp3) is 0.276. The number of amides is 1. The van der Waals surface area contributed by atoms with Crippen molar-refractivity contribution in [1.82, 2.24) is 14.6 Å². The lowest BCUT2D eigenvalue weighted by Crippen LogP contribution is -2.29. The predicted molar refractivity (Wildman–Crippen MR) is 146 cm³/mol. The van der Waals surface area contributed by atoms with E-state index in [4.69, 9.17) is 10.1 Å². The van der Waals surface area contributed by atoms with E-state index in [-0.39, 0.29) is 16.5 Å². The number of hydrogen-bond acceptors (Lipinski definition) is 4. The molecule has 0 bridgehead atoms. The molecule has 1 amide bonds. The minimum atomic E-state index is -0.283. The first-order chi connectivity index (χ1) is 17.2. The third kappa shape index (κ3) is 4.80. The Bertz CT molecular complexity index is 1470. The van der Waals surface area contributed by atoms with Crippen LogP contribution in [0.1, 0.15) is 44.4 Å². The first-order valence-electron chi connectivity index (χ1n) is 12.1. The van der Waals surface area contributed by atoms with Gasteiger partial charge in [0.15, 0.2) is 0 Å². The van der Waals surface area contributed by atoms with Crippen molar-refractivity contribution < 1.29 is 9.18 Å². The highest BCUT2D eigenvalue weighted by atomic mass is 32.2. The molecular formula is C29H29FN4OS. The number of nitrogens with zero attached hydrogens (tertiary/aromatic N) is 4. The van der Waals surface area contributed by atoms with E-state index in [0.717, 1.165) is 45.8 Å². The lowest BCUT2D eigenvalue weighted by atomic mass is 9.87. The first kappa shape index (κ1) is 24.3. The van der Waals surface area contributed by atoms with Gasteiger partial charge in [0.25, 0.3) is 0 Å². The Morgan fingerprint density at radius 2 is 1.78 bits per heavy atom. The van der Waals surface area contributed by atoms with Crippen molar-refractivity contribution in [3.05, 3.63) is 89.2 Å². The van der Waals surface area contributed by atoms with Crippen molar-refractivity contribution >= 4 is 33.7 Å². The first-order valence-corrected chi connectivity index (χ1v) is 13.1. The Balaban J connectivity index is 1.45. The van der Waals surface area contributed by atoms with Gasteiger partial charge in [-0.1, -0.05) is 75.0 Å². The van der Waals surface area contributed by atoms with Crippen LogP contribution in [0.2, 0.25) is 0 Å². The van der Waals surface area contributed by atoms with Crippen LogP contribution in [-0.4, -0.2) is 31.3 Å². The molecule has 36 heavy (non-hydrogen) atoms. The third-order valence-electron chi connectivity index (χ3n) is 6.42. The average Bonchev–Trinajstić information content (AvgIpc) is 3.23. The van der Waals surface area contributed by atoms with Gasteiger partial charge in [0.2, 0.25) is 0 Å². The van der Waals surface area contributed by atoms with Crippen LogP contribution in [-0.2, 0) is 18.5 Å². The summed E-state index contributed by atoms with van der Waals surface area (Å²) in [5.74, 6) is 0.962. The second-order valence-electron chi connectivity index (χ2n) is 10.00. The third-order valence-corrected chi connectivity index (χ3v) is 7.29. The van der Waals surface area contributed by atoms with Crippen molar-refractivity contribution in [2.24, 2.45) is 5.10 Å².